The maximum absolute atomic E-state index is 12.3. The third-order valence-corrected chi connectivity index (χ3v) is 4.54. The average Bonchev–Trinajstić information content (AvgIpc) is 2.92. The molecule has 0 bridgehead atoms. The average molecular weight is 334 g/mol. The lowest BCUT2D eigenvalue weighted by Gasteiger charge is -2.08. The molecule has 0 unspecified atom stereocenters. The van der Waals surface area contributed by atoms with Gasteiger partial charge in [0.2, 0.25) is 5.91 Å². The first-order valence-corrected chi connectivity index (χ1v) is 7.75. The molecule has 3 rings (SSSR count). The van der Waals surface area contributed by atoms with Crippen LogP contribution in [0.2, 0.25) is 4.34 Å². The lowest BCUT2D eigenvalue weighted by Crippen LogP contribution is -2.31. The fourth-order valence-electron chi connectivity index (χ4n) is 2.20. The Morgan fingerprint density at radius 3 is 2.77 bits per heavy atom. The third kappa shape index (κ3) is 2.63. The van der Waals surface area contributed by atoms with Gasteiger partial charge < -0.3 is 5.32 Å². The molecule has 1 N–H and O–H groups in total. The van der Waals surface area contributed by atoms with E-state index < -0.39 is 5.69 Å². The summed E-state index contributed by atoms with van der Waals surface area (Å²) in [6.45, 7) is -0.0786. The van der Waals surface area contributed by atoms with Gasteiger partial charge in [0, 0.05) is 18.0 Å². The van der Waals surface area contributed by atoms with Crippen LogP contribution in [0.15, 0.2) is 41.2 Å². The SMILES string of the molecule is CNC(=O)Cn1c(=O)nc(-c2ccccc2)c2cc(Cl)sc21. The zero-order chi connectivity index (χ0) is 15.7. The van der Waals surface area contributed by atoms with E-state index in [1.807, 2.05) is 30.3 Å². The second kappa shape index (κ2) is 5.90. The number of nitrogens with zero attached hydrogens (tertiary/aromatic N) is 2. The van der Waals surface area contributed by atoms with Crippen molar-refractivity contribution < 1.29 is 4.79 Å². The van der Waals surface area contributed by atoms with Gasteiger partial charge in [-0.05, 0) is 6.07 Å². The molecule has 5 nitrogen and oxygen atoms in total. The minimum Gasteiger partial charge on any atom is -0.358 e. The molecular weight excluding hydrogens is 322 g/mol. The van der Waals surface area contributed by atoms with Crippen LogP contribution in [0.4, 0.5) is 0 Å². The van der Waals surface area contributed by atoms with Gasteiger partial charge in [0.25, 0.3) is 0 Å². The summed E-state index contributed by atoms with van der Waals surface area (Å²) in [6.07, 6.45) is 0. The molecule has 22 heavy (non-hydrogen) atoms. The molecule has 0 atom stereocenters. The number of thiophene rings is 1. The summed E-state index contributed by atoms with van der Waals surface area (Å²) >= 11 is 7.37. The fraction of sp³-hybridized carbons (Fsp3) is 0.133. The van der Waals surface area contributed by atoms with Crippen LogP contribution in [0.1, 0.15) is 0 Å². The summed E-state index contributed by atoms with van der Waals surface area (Å²) in [7, 11) is 1.53. The van der Waals surface area contributed by atoms with Crippen LogP contribution in [-0.4, -0.2) is 22.5 Å². The standard InChI is InChI=1S/C15H12ClN3O2S/c1-17-12(20)8-19-14-10(7-11(16)22-14)13(18-15(19)21)9-5-3-2-4-6-9/h2-7H,8H2,1H3,(H,17,20). The molecule has 3 aromatic rings. The van der Waals surface area contributed by atoms with E-state index >= 15 is 0 Å². The minimum atomic E-state index is -0.464. The molecule has 0 saturated heterocycles. The smallest absolute Gasteiger partial charge is 0.349 e. The van der Waals surface area contributed by atoms with Gasteiger partial charge in [0.15, 0.2) is 0 Å². The first-order valence-electron chi connectivity index (χ1n) is 6.56. The maximum atomic E-state index is 12.3. The number of amides is 1. The third-order valence-electron chi connectivity index (χ3n) is 3.25. The number of aromatic nitrogens is 2. The van der Waals surface area contributed by atoms with Crippen molar-refractivity contribution in [1.82, 2.24) is 14.9 Å². The van der Waals surface area contributed by atoms with Gasteiger partial charge in [-0.25, -0.2) is 4.79 Å². The molecule has 0 aliphatic carbocycles. The molecule has 1 aromatic carbocycles. The summed E-state index contributed by atoms with van der Waals surface area (Å²) in [6, 6.07) is 11.2. The Kier molecular flexibility index (Phi) is 3.96. The van der Waals surface area contributed by atoms with Crippen LogP contribution in [-0.2, 0) is 11.3 Å². The van der Waals surface area contributed by atoms with E-state index in [0.717, 1.165) is 10.9 Å². The molecular formula is C15H12ClN3O2S. The monoisotopic (exact) mass is 333 g/mol. The quantitative estimate of drug-likeness (QED) is 0.801. The summed E-state index contributed by atoms with van der Waals surface area (Å²) < 4.78 is 1.89. The van der Waals surface area contributed by atoms with Crippen molar-refractivity contribution in [1.29, 1.82) is 0 Å². The van der Waals surface area contributed by atoms with Crippen molar-refractivity contribution in [2.24, 2.45) is 0 Å². The Hall–Kier alpha value is -2.18. The van der Waals surface area contributed by atoms with E-state index in [0.29, 0.717) is 14.9 Å². The summed E-state index contributed by atoms with van der Waals surface area (Å²) in [5.41, 5.74) is 0.955. The van der Waals surface area contributed by atoms with Gasteiger partial charge >= 0.3 is 5.69 Å². The highest BCUT2D eigenvalue weighted by Gasteiger charge is 2.16. The van der Waals surface area contributed by atoms with Crippen molar-refractivity contribution in [3.05, 3.63) is 51.2 Å². The number of carbonyl (C=O) groups is 1. The van der Waals surface area contributed by atoms with E-state index in [2.05, 4.69) is 10.3 Å². The van der Waals surface area contributed by atoms with Crippen LogP contribution < -0.4 is 11.0 Å². The second-order valence-electron chi connectivity index (χ2n) is 4.64. The maximum Gasteiger partial charge on any atom is 0.349 e. The topological polar surface area (TPSA) is 64.0 Å². The highest BCUT2D eigenvalue weighted by atomic mass is 35.5. The lowest BCUT2D eigenvalue weighted by molar-refractivity contribution is -0.121. The van der Waals surface area contributed by atoms with Gasteiger partial charge in [-0.3, -0.25) is 9.36 Å². The van der Waals surface area contributed by atoms with E-state index in [1.165, 1.54) is 23.0 Å². The number of nitrogens with one attached hydrogen (secondary N) is 1. The zero-order valence-electron chi connectivity index (χ0n) is 11.7. The Bertz CT molecular complexity index is 902. The normalized spacial score (nSPS) is 10.8. The molecule has 0 aliphatic rings. The van der Waals surface area contributed by atoms with E-state index in [9.17, 15) is 9.59 Å². The first-order chi connectivity index (χ1) is 10.6. The predicted octanol–water partition coefficient (Wildman–Crippen LogP) is 2.52. The van der Waals surface area contributed by atoms with Crippen molar-refractivity contribution >= 4 is 39.1 Å². The van der Waals surface area contributed by atoms with Crippen molar-refractivity contribution in [3.8, 4) is 11.3 Å². The summed E-state index contributed by atoms with van der Waals surface area (Å²) in [5.74, 6) is -0.262. The highest BCUT2D eigenvalue weighted by molar-refractivity contribution is 7.22. The zero-order valence-corrected chi connectivity index (χ0v) is 13.2. The molecule has 0 saturated carbocycles. The van der Waals surface area contributed by atoms with Crippen LogP contribution in [0, 0.1) is 0 Å². The number of likely N-dealkylation sites (N-methyl/N-ethyl adjacent to an activating group) is 1. The highest BCUT2D eigenvalue weighted by Crippen LogP contribution is 2.33. The number of carbonyl (C=O) groups excluding carboxylic acids is 1. The molecule has 7 heteroatoms. The lowest BCUT2D eigenvalue weighted by atomic mass is 10.1. The summed E-state index contributed by atoms with van der Waals surface area (Å²) in [4.78, 5) is 28.7. The Balaban J connectivity index is 2.28. The van der Waals surface area contributed by atoms with Gasteiger partial charge in [0.1, 0.15) is 11.4 Å². The van der Waals surface area contributed by atoms with Crippen molar-refractivity contribution in [3.63, 3.8) is 0 Å². The Labute approximate surface area is 135 Å². The largest absolute Gasteiger partial charge is 0.358 e. The molecule has 112 valence electrons. The van der Waals surface area contributed by atoms with Crippen LogP contribution in [0.5, 0.6) is 0 Å². The molecule has 0 aliphatic heterocycles. The van der Waals surface area contributed by atoms with Gasteiger partial charge in [-0.2, -0.15) is 4.98 Å². The number of hydrogen-bond acceptors (Lipinski definition) is 4. The van der Waals surface area contributed by atoms with E-state index in [1.54, 1.807) is 6.07 Å². The number of hydrogen-bond donors (Lipinski definition) is 1. The molecule has 0 radical (unpaired) electrons. The van der Waals surface area contributed by atoms with Crippen LogP contribution >= 0.6 is 22.9 Å². The molecule has 0 fully saturated rings. The van der Waals surface area contributed by atoms with Crippen molar-refractivity contribution in [2.45, 2.75) is 6.54 Å². The summed E-state index contributed by atoms with van der Waals surface area (Å²) in [5, 5.41) is 3.27. The number of fused-ring (bicyclic) bond motifs is 1. The van der Waals surface area contributed by atoms with Crippen molar-refractivity contribution in [2.75, 3.05) is 7.05 Å². The van der Waals surface area contributed by atoms with Gasteiger partial charge in [-0.15, -0.1) is 11.3 Å². The number of halogens is 1. The van der Waals surface area contributed by atoms with E-state index in [4.69, 9.17) is 11.6 Å². The molecule has 2 heterocycles. The molecule has 1 amide bonds. The fourth-order valence-corrected chi connectivity index (χ4v) is 3.41. The number of benzene rings is 1. The number of rotatable bonds is 3. The molecule has 0 spiro atoms. The Morgan fingerprint density at radius 2 is 2.09 bits per heavy atom. The van der Waals surface area contributed by atoms with Crippen LogP contribution in [0.3, 0.4) is 0 Å². The van der Waals surface area contributed by atoms with Gasteiger partial charge in [-0.1, -0.05) is 41.9 Å². The minimum absolute atomic E-state index is 0.0786. The Morgan fingerprint density at radius 1 is 1.36 bits per heavy atom. The first kappa shape index (κ1) is 14.7. The van der Waals surface area contributed by atoms with Gasteiger partial charge in [0.05, 0.1) is 10.0 Å². The predicted molar refractivity (Wildman–Crippen MR) is 88.4 cm³/mol. The molecule has 2 aromatic heterocycles. The van der Waals surface area contributed by atoms with Crippen LogP contribution in [0.25, 0.3) is 21.5 Å². The second-order valence-corrected chi connectivity index (χ2v) is 6.30. The van der Waals surface area contributed by atoms with E-state index in [-0.39, 0.29) is 12.5 Å².